The molecule has 16 heavy (non-hydrogen) atoms. The van der Waals surface area contributed by atoms with Gasteiger partial charge in [0.1, 0.15) is 12.4 Å². The van der Waals surface area contributed by atoms with E-state index in [1.165, 1.54) is 0 Å². The average Bonchev–Trinajstić information content (AvgIpc) is 2.27. The van der Waals surface area contributed by atoms with Crippen LogP contribution in [0.15, 0.2) is 24.3 Å². The van der Waals surface area contributed by atoms with E-state index < -0.39 is 0 Å². The molecular weight excluding hydrogens is 204 g/mol. The van der Waals surface area contributed by atoms with E-state index in [9.17, 15) is 4.79 Å². The predicted octanol–water partition coefficient (Wildman–Crippen LogP) is 2.93. The van der Waals surface area contributed by atoms with Crippen LogP contribution in [0.2, 0.25) is 0 Å². The van der Waals surface area contributed by atoms with Crippen LogP contribution < -0.4 is 4.74 Å². The molecule has 0 aliphatic heterocycles. The maximum absolute atomic E-state index is 11.0. The van der Waals surface area contributed by atoms with Gasteiger partial charge in [0, 0.05) is 6.42 Å². The molecule has 0 radical (unpaired) electrons. The van der Waals surface area contributed by atoms with Crippen molar-refractivity contribution in [1.29, 1.82) is 0 Å². The second-order valence-electron chi connectivity index (χ2n) is 3.82. The van der Waals surface area contributed by atoms with Crippen molar-refractivity contribution >= 4 is 5.97 Å². The molecule has 0 heterocycles. The summed E-state index contributed by atoms with van der Waals surface area (Å²) in [6, 6.07) is 7.57. The Labute approximate surface area is 96.4 Å². The minimum Gasteiger partial charge on any atom is -0.491 e. The summed E-state index contributed by atoms with van der Waals surface area (Å²) < 4.78 is 10.5. The third-order valence-electron chi connectivity index (χ3n) is 1.98. The number of hydrogen-bond donors (Lipinski definition) is 0. The molecule has 1 rings (SSSR count). The highest BCUT2D eigenvalue weighted by molar-refractivity contribution is 5.68. The van der Waals surface area contributed by atoms with Gasteiger partial charge in [-0.1, -0.05) is 19.1 Å². The van der Waals surface area contributed by atoms with Crippen molar-refractivity contribution in [3.8, 4) is 5.75 Å². The Kier molecular flexibility index (Phi) is 4.83. The van der Waals surface area contributed by atoms with E-state index in [1.54, 1.807) is 6.92 Å². The molecule has 0 aliphatic carbocycles. The Balaban J connectivity index is 2.48. The van der Waals surface area contributed by atoms with Crippen LogP contribution in [-0.2, 0) is 16.1 Å². The monoisotopic (exact) mass is 222 g/mol. The zero-order valence-corrected chi connectivity index (χ0v) is 10.0. The van der Waals surface area contributed by atoms with Gasteiger partial charge >= 0.3 is 5.97 Å². The summed E-state index contributed by atoms with van der Waals surface area (Å²) in [7, 11) is 0. The SMILES string of the molecule is CCC(=O)OCc1ccc(OC(C)C)cc1. The maximum Gasteiger partial charge on any atom is 0.305 e. The van der Waals surface area contributed by atoms with Crippen LogP contribution in [0.3, 0.4) is 0 Å². The first-order valence-corrected chi connectivity index (χ1v) is 5.53. The van der Waals surface area contributed by atoms with Gasteiger partial charge in [0.05, 0.1) is 6.10 Å². The molecule has 0 aliphatic rings. The summed E-state index contributed by atoms with van der Waals surface area (Å²) in [6.45, 7) is 6.07. The lowest BCUT2D eigenvalue weighted by molar-refractivity contribution is -0.144. The number of carbonyl (C=O) groups excluding carboxylic acids is 1. The molecule has 0 fully saturated rings. The predicted molar refractivity (Wildman–Crippen MR) is 62.3 cm³/mol. The van der Waals surface area contributed by atoms with Gasteiger partial charge in [-0.2, -0.15) is 0 Å². The van der Waals surface area contributed by atoms with Crippen molar-refractivity contribution in [3.05, 3.63) is 29.8 Å². The molecule has 0 saturated carbocycles. The lowest BCUT2D eigenvalue weighted by Gasteiger charge is -2.10. The molecular formula is C13H18O3. The standard InChI is InChI=1S/C13H18O3/c1-4-13(14)15-9-11-5-7-12(8-6-11)16-10(2)3/h5-8,10H,4,9H2,1-3H3. The van der Waals surface area contributed by atoms with Gasteiger partial charge in [-0.3, -0.25) is 4.79 Å². The molecule has 3 heteroatoms. The van der Waals surface area contributed by atoms with Crippen LogP contribution in [-0.4, -0.2) is 12.1 Å². The van der Waals surface area contributed by atoms with E-state index in [4.69, 9.17) is 9.47 Å². The zero-order valence-electron chi connectivity index (χ0n) is 10.0. The first-order chi connectivity index (χ1) is 7.61. The van der Waals surface area contributed by atoms with Crippen molar-refractivity contribution in [2.45, 2.75) is 39.9 Å². The Morgan fingerprint density at radius 3 is 2.38 bits per heavy atom. The molecule has 0 unspecified atom stereocenters. The number of esters is 1. The third kappa shape index (κ3) is 4.34. The Morgan fingerprint density at radius 1 is 1.25 bits per heavy atom. The van der Waals surface area contributed by atoms with Crippen molar-refractivity contribution in [2.24, 2.45) is 0 Å². The Bertz CT molecular complexity index is 328. The lowest BCUT2D eigenvalue weighted by Crippen LogP contribution is -2.05. The van der Waals surface area contributed by atoms with Crippen LogP contribution in [0, 0.1) is 0 Å². The fourth-order valence-electron chi connectivity index (χ4n) is 1.20. The van der Waals surface area contributed by atoms with E-state index >= 15 is 0 Å². The molecule has 0 saturated heterocycles. The topological polar surface area (TPSA) is 35.5 Å². The highest BCUT2D eigenvalue weighted by atomic mass is 16.5. The molecule has 0 bridgehead atoms. The second kappa shape index (κ2) is 6.16. The molecule has 3 nitrogen and oxygen atoms in total. The highest BCUT2D eigenvalue weighted by Gasteiger charge is 2.01. The summed E-state index contributed by atoms with van der Waals surface area (Å²) in [5.41, 5.74) is 0.970. The molecule has 0 amide bonds. The third-order valence-corrected chi connectivity index (χ3v) is 1.98. The van der Waals surface area contributed by atoms with Crippen LogP contribution in [0.1, 0.15) is 32.8 Å². The molecule has 88 valence electrons. The average molecular weight is 222 g/mol. The first kappa shape index (κ1) is 12.6. The number of benzene rings is 1. The summed E-state index contributed by atoms with van der Waals surface area (Å²) in [6.07, 6.45) is 0.581. The van der Waals surface area contributed by atoms with Gasteiger partial charge in [0.2, 0.25) is 0 Å². The van der Waals surface area contributed by atoms with E-state index in [0.717, 1.165) is 11.3 Å². The molecule has 0 spiro atoms. The van der Waals surface area contributed by atoms with Crippen molar-refractivity contribution in [2.75, 3.05) is 0 Å². The number of ether oxygens (including phenoxy) is 2. The van der Waals surface area contributed by atoms with Crippen LogP contribution in [0.5, 0.6) is 5.75 Å². The van der Waals surface area contributed by atoms with Crippen LogP contribution in [0.25, 0.3) is 0 Å². The smallest absolute Gasteiger partial charge is 0.305 e. The molecule has 1 aromatic rings. The normalized spacial score (nSPS) is 10.2. The zero-order chi connectivity index (χ0) is 12.0. The van der Waals surface area contributed by atoms with E-state index in [-0.39, 0.29) is 12.1 Å². The molecule has 0 aromatic heterocycles. The molecule has 0 N–H and O–H groups in total. The van der Waals surface area contributed by atoms with Crippen LogP contribution >= 0.6 is 0 Å². The van der Waals surface area contributed by atoms with E-state index in [1.807, 2.05) is 38.1 Å². The minimum absolute atomic E-state index is 0.170. The van der Waals surface area contributed by atoms with Gasteiger partial charge < -0.3 is 9.47 Å². The van der Waals surface area contributed by atoms with Gasteiger partial charge in [0.15, 0.2) is 0 Å². The first-order valence-electron chi connectivity index (χ1n) is 5.53. The number of carbonyl (C=O) groups is 1. The largest absolute Gasteiger partial charge is 0.491 e. The fourth-order valence-corrected chi connectivity index (χ4v) is 1.20. The molecule has 1 aromatic carbocycles. The van der Waals surface area contributed by atoms with Gasteiger partial charge in [-0.05, 0) is 31.5 Å². The lowest BCUT2D eigenvalue weighted by atomic mass is 10.2. The minimum atomic E-state index is -0.178. The summed E-state index contributed by atoms with van der Waals surface area (Å²) in [5, 5.41) is 0. The Hall–Kier alpha value is -1.51. The second-order valence-corrected chi connectivity index (χ2v) is 3.82. The van der Waals surface area contributed by atoms with Crippen molar-refractivity contribution < 1.29 is 14.3 Å². The van der Waals surface area contributed by atoms with Crippen LogP contribution in [0.4, 0.5) is 0 Å². The summed E-state index contributed by atoms with van der Waals surface area (Å²) >= 11 is 0. The number of rotatable bonds is 5. The quantitative estimate of drug-likeness (QED) is 0.718. The van der Waals surface area contributed by atoms with Crippen molar-refractivity contribution in [3.63, 3.8) is 0 Å². The summed E-state index contributed by atoms with van der Waals surface area (Å²) in [5.74, 6) is 0.656. The fraction of sp³-hybridized carbons (Fsp3) is 0.462. The molecule has 0 atom stereocenters. The van der Waals surface area contributed by atoms with Gasteiger partial charge in [0.25, 0.3) is 0 Å². The summed E-state index contributed by atoms with van der Waals surface area (Å²) in [4.78, 5) is 11.0. The van der Waals surface area contributed by atoms with Gasteiger partial charge in [-0.15, -0.1) is 0 Å². The van der Waals surface area contributed by atoms with Crippen molar-refractivity contribution in [1.82, 2.24) is 0 Å². The Morgan fingerprint density at radius 2 is 1.88 bits per heavy atom. The van der Waals surface area contributed by atoms with Gasteiger partial charge in [-0.25, -0.2) is 0 Å². The highest BCUT2D eigenvalue weighted by Crippen LogP contribution is 2.14. The number of hydrogen-bond acceptors (Lipinski definition) is 3. The van der Waals surface area contributed by atoms with E-state index in [0.29, 0.717) is 13.0 Å². The van der Waals surface area contributed by atoms with E-state index in [2.05, 4.69) is 0 Å². The maximum atomic E-state index is 11.0.